The van der Waals surface area contributed by atoms with Crippen LogP contribution in [0.4, 0.5) is 10.5 Å². The van der Waals surface area contributed by atoms with Crippen LogP contribution in [0.2, 0.25) is 0 Å². The van der Waals surface area contributed by atoms with Gasteiger partial charge in [0.1, 0.15) is 5.75 Å². The second-order valence-corrected chi connectivity index (χ2v) is 8.68. The number of carbonyl (C=O) groups is 2. The molecule has 176 valence electrons. The van der Waals surface area contributed by atoms with Crippen LogP contribution < -0.4 is 9.64 Å². The minimum Gasteiger partial charge on any atom is -0.494 e. The number of esters is 1. The SMILES string of the molecule is CCOC(=O)C1(CCOc2ccc3c(c2)CN(C(=O)O)CC3)CCN(c2ccncc2)CC1. The molecule has 0 radical (unpaired) electrons. The topological polar surface area (TPSA) is 92.2 Å². The number of nitrogens with zero attached hydrogens (tertiary/aromatic N) is 3. The molecule has 1 aromatic carbocycles. The maximum Gasteiger partial charge on any atom is 0.407 e. The molecule has 1 amide bonds. The van der Waals surface area contributed by atoms with Gasteiger partial charge in [-0.25, -0.2) is 4.79 Å². The third kappa shape index (κ3) is 5.21. The summed E-state index contributed by atoms with van der Waals surface area (Å²) in [5, 5.41) is 9.28. The number of piperidine rings is 1. The van der Waals surface area contributed by atoms with E-state index in [2.05, 4.69) is 9.88 Å². The number of benzene rings is 1. The van der Waals surface area contributed by atoms with Gasteiger partial charge < -0.3 is 24.4 Å². The molecule has 0 unspecified atom stereocenters. The van der Waals surface area contributed by atoms with Crippen LogP contribution in [0.1, 0.15) is 37.3 Å². The molecule has 4 rings (SSSR count). The van der Waals surface area contributed by atoms with Crippen molar-refractivity contribution in [3.63, 3.8) is 0 Å². The van der Waals surface area contributed by atoms with E-state index in [1.165, 1.54) is 4.90 Å². The lowest BCUT2D eigenvalue weighted by molar-refractivity contribution is -0.157. The van der Waals surface area contributed by atoms with Crippen LogP contribution in [0.5, 0.6) is 5.75 Å². The molecule has 33 heavy (non-hydrogen) atoms. The zero-order valence-electron chi connectivity index (χ0n) is 19.0. The summed E-state index contributed by atoms with van der Waals surface area (Å²) in [6, 6.07) is 9.84. The van der Waals surface area contributed by atoms with E-state index in [1.54, 1.807) is 12.4 Å². The Morgan fingerprint density at radius 2 is 1.85 bits per heavy atom. The summed E-state index contributed by atoms with van der Waals surface area (Å²) in [7, 11) is 0. The molecule has 1 saturated heterocycles. The number of amides is 1. The van der Waals surface area contributed by atoms with Crippen molar-refractivity contribution in [2.45, 2.75) is 39.2 Å². The Hall–Kier alpha value is -3.29. The molecule has 1 N–H and O–H groups in total. The summed E-state index contributed by atoms with van der Waals surface area (Å²) in [4.78, 5) is 32.0. The number of hydrogen-bond donors (Lipinski definition) is 1. The fourth-order valence-electron chi connectivity index (χ4n) is 4.74. The van der Waals surface area contributed by atoms with Crippen LogP contribution in [0.15, 0.2) is 42.7 Å². The molecule has 1 fully saturated rings. The van der Waals surface area contributed by atoms with Crippen LogP contribution in [-0.2, 0) is 22.5 Å². The van der Waals surface area contributed by atoms with E-state index in [9.17, 15) is 14.7 Å². The minimum atomic E-state index is -0.901. The molecule has 0 atom stereocenters. The average Bonchev–Trinajstić information content (AvgIpc) is 2.84. The van der Waals surface area contributed by atoms with Crippen molar-refractivity contribution >= 4 is 17.7 Å². The third-order valence-corrected chi connectivity index (χ3v) is 6.77. The predicted molar refractivity (Wildman–Crippen MR) is 123 cm³/mol. The van der Waals surface area contributed by atoms with Crippen molar-refractivity contribution in [1.82, 2.24) is 9.88 Å². The number of aromatic nitrogens is 1. The lowest BCUT2D eigenvalue weighted by atomic mass is 9.75. The molecule has 0 spiro atoms. The van der Waals surface area contributed by atoms with Gasteiger partial charge in [-0.2, -0.15) is 0 Å². The molecular weight excluding hydrogens is 422 g/mol. The minimum absolute atomic E-state index is 0.148. The molecule has 0 saturated carbocycles. The van der Waals surface area contributed by atoms with Gasteiger partial charge in [0.2, 0.25) is 0 Å². The molecular formula is C25H31N3O5. The van der Waals surface area contributed by atoms with E-state index >= 15 is 0 Å². The lowest BCUT2D eigenvalue weighted by Crippen LogP contribution is -2.46. The van der Waals surface area contributed by atoms with Gasteiger partial charge >= 0.3 is 12.1 Å². The first-order valence-electron chi connectivity index (χ1n) is 11.6. The second-order valence-electron chi connectivity index (χ2n) is 8.68. The largest absolute Gasteiger partial charge is 0.494 e. The van der Waals surface area contributed by atoms with Crippen LogP contribution in [-0.4, -0.2) is 59.9 Å². The monoisotopic (exact) mass is 453 g/mol. The van der Waals surface area contributed by atoms with Gasteiger partial charge in [0.25, 0.3) is 0 Å². The summed E-state index contributed by atoms with van der Waals surface area (Å²) in [6.45, 7) is 5.03. The first-order valence-corrected chi connectivity index (χ1v) is 11.6. The van der Waals surface area contributed by atoms with Gasteiger partial charge in [-0.05, 0) is 68.0 Å². The average molecular weight is 454 g/mol. The number of hydrogen-bond acceptors (Lipinski definition) is 6. The summed E-state index contributed by atoms with van der Waals surface area (Å²) < 4.78 is 11.5. The molecule has 2 aromatic rings. The standard InChI is InChI=1S/C25H31N3O5/c1-2-32-23(29)25(8-14-27(15-9-25)21-5-11-26-12-6-21)10-16-33-22-4-3-19-7-13-28(24(30)31)18-20(19)17-22/h3-6,11-12,17H,2,7-10,13-16,18H2,1H3,(H,30,31). The summed E-state index contributed by atoms with van der Waals surface area (Å²) in [5.74, 6) is 0.555. The molecule has 2 aliphatic rings. The number of fused-ring (bicyclic) bond motifs is 1. The number of carboxylic acid groups (broad SMARTS) is 1. The van der Waals surface area contributed by atoms with Crippen LogP contribution in [0.25, 0.3) is 0 Å². The van der Waals surface area contributed by atoms with Crippen molar-refractivity contribution in [3.8, 4) is 5.75 Å². The number of anilines is 1. The maximum absolute atomic E-state index is 12.9. The quantitative estimate of drug-likeness (QED) is 0.639. The first kappa shape index (κ1) is 22.9. The van der Waals surface area contributed by atoms with Gasteiger partial charge in [-0.3, -0.25) is 9.78 Å². The Morgan fingerprint density at radius 3 is 2.55 bits per heavy atom. The van der Waals surface area contributed by atoms with Gasteiger partial charge in [0, 0.05) is 44.3 Å². The molecule has 2 aliphatic heterocycles. The molecule has 3 heterocycles. The second kappa shape index (κ2) is 10.1. The fourth-order valence-corrected chi connectivity index (χ4v) is 4.74. The van der Waals surface area contributed by atoms with E-state index in [4.69, 9.17) is 9.47 Å². The summed E-state index contributed by atoms with van der Waals surface area (Å²) >= 11 is 0. The molecule has 8 nitrogen and oxygen atoms in total. The van der Waals surface area contributed by atoms with Crippen LogP contribution in [0.3, 0.4) is 0 Å². The summed E-state index contributed by atoms with van der Waals surface area (Å²) in [5.41, 5.74) is 2.69. The maximum atomic E-state index is 12.9. The number of carbonyl (C=O) groups excluding carboxylic acids is 1. The van der Waals surface area contributed by atoms with Gasteiger partial charge in [0.15, 0.2) is 0 Å². The molecule has 1 aromatic heterocycles. The summed E-state index contributed by atoms with van der Waals surface area (Å²) in [6.07, 6.45) is 5.36. The van der Waals surface area contributed by atoms with E-state index in [1.807, 2.05) is 37.3 Å². The van der Waals surface area contributed by atoms with E-state index in [0.717, 1.165) is 29.9 Å². The normalized spacial score (nSPS) is 17.2. The smallest absolute Gasteiger partial charge is 0.407 e. The van der Waals surface area contributed by atoms with Crippen molar-refractivity contribution in [3.05, 3.63) is 53.9 Å². The fraction of sp³-hybridized carbons (Fsp3) is 0.480. The Kier molecular flexibility index (Phi) is 7.01. The van der Waals surface area contributed by atoms with Crippen molar-refractivity contribution in [1.29, 1.82) is 0 Å². The Balaban J connectivity index is 1.39. The lowest BCUT2D eigenvalue weighted by Gasteiger charge is -2.40. The van der Waals surface area contributed by atoms with Crippen molar-refractivity contribution in [2.75, 3.05) is 37.7 Å². The van der Waals surface area contributed by atoms with Gasteiger partial charge in [0.05, 0.1) is 18.6 Å². The van der Waals surface area contributed by atoms with Crippen LogP contribution in [0, 0.1) is 5.41 Å². The van der Waals surface area contributed by atoms with E-state index in [-0.39, 0.29) is 5.97 Å². The third-order valence-electron chi connectivity index (χ3n) is 6.77. The van der Waals surface area contributed by atoms with Gasteiger partial charge in [-0.1, -0.05) is 6.07 Å². The Labute approximate surface area is 194 Å². The highest BCUT2D eigenvalue weighted by Crippen LogP contribution is 2.38. The van der Waals surface area contributed by atoms with Gasteiger partial charge in [-0.15, -0.1) is 0 Å². The molecule has 0 aliphatic carbocycles. The Morgan fingerprint density at radius 1 is 1.09 bits per heavy atom. The number of rotatable bonds is 7. The highest BCUT2D eigenvalue weighted by Gasteiger charge is 2.42. The molecule has 8 heteroatoms. The first-order chi connectivity index (χ1) is 16.0. The van der Waals surface area contributed by atoms with E-state index < -0.39 is 11.5 Å². The highest BCUT2D eigenvalue weighted by molar-refractivity contribution is 5.77. The number of ether oxygens (including phenoxy) is 2. The number of pyridine rings is 1. The predicted octanol–water partition coefficient (Wildman–Crippen LogP) is 3.74. The highest BCUT2D eigenvalue weighted by atomic mass is 16.5. The van der Waals surface area contributed by atoms with Crippen LogP contribution >= 0.6 is 0 Å². The molecule has 0 bridgehead atoms. The van der Waals surface area contributed by atoms with Crippen molar-refractivity contribution < 1.29 is 24.2 Å². The zero-order chi connectivity index (χ0) is 23.3. The Bertz CT molecular complexity index is 973. The van der Waals surface area contributed by atoms with E-state index in [0.29, 0.717) is 57.7 Å². The zero-order valence-corrected chi connectivity index (χ0v) is 19.0. The van der Waals surface area contributed by atoms with Crippen molar-refractivity contribution in [2.24, 2.45) is 5.41 Å².